The second-order valence-corrected chi connectivity index (χ2v) is 5.59. The van der Waals surface area contributed by atoms with E-state index in [9.17, 15) is 4.39 Å². The zero-order valence-electron chi connectivity index (χ0n) is 13.8. The van der Waals surface area contributed by atoms with Gasteiger partial charge < -0.3 is 5.32 Å². The summed E-state index contributed by atoms with van der Waals surface area (Å²) in [4.78, 5) is 13.4. The van der Waals surface area contributed by atoms with Gasteiger partial charge in [-0.15, -0.1) is 0 Å². The van der Waals surface area contributed by atoms with E-state index in [2.05, 4.69) is 20.3 Å². The second-order valence-electron chi connectivity index (χ2n) is 5.59. The number of aryl methyl sites for hydroxylation is 1. The maximum absolute atomic E-state index is 13.7. The van der Waals surface area contributed by atoms with Crippen LogP contribution in [0.3, 0.4) is 0 Å². The van der Waals surface area contributed by atoms with Gasteiger partial charge in [0, 0.05) is 24.0 Å². The Balaban J connectivity index is 1.78. The first-order valence-electron chi connectivity index (χ1n) is 7.89. The SMILES string of the molecule is Cc1nc(-c2ccccn2)nc(NCCc2ccccc2F)c1C. The maximum Gasteiger partial charge on any atom is 0.180 e. The Morgan fingerprint density at radius 2 is 1.79 bits per heavy atom. The molecule has 0 spiro atoms. The number of nitrogens with zero attached hydrogens (tertiary/aromatic N) is 3. The number of pyridine rings is 1. The third-order valence-corrected chi connectivity index (χ3v) is 3.93. The van der Waals surface area contributed by atoms with Gasteiger partial charge in [-0.2, -0.15) is 0 Å². The lowest BCUT2D eigenvalue weighted by atomic mass is 10.1. The summed E-state index contributed by atoms with van der Waals surface area (Å²) in [6.45, 7) is 4.52. The van der Waals surface area contributed by atoms with Gasteiger partial charge in [0.05, 0.1) is 0 Å². The smallest absolute Gasteiger partial charge is 0.180 e. The third-order valence-electron chi connectivity index (χ3n) is 3.93. The number of benzene rings is 1. The van der Waals surface area contributed by atoms with Gasteiger partial charge in [-0.1, -0.05) is 24.3 Å². The number of aromatic nitrogens is 3. The van der Waals surface area contributed by atoms with Crippen molar-refractivity contribution in [3.8, 4) is 11.5 Å². The molecule has 1 N–H and O–H groups in total. The summed E-state index contributed by atoms with van der Waals surface area (Å²) >= 11 is 0. The molecule has 4 nitrogen and oxygen atoms in total. The highest BCUT2D eigenvalue weighted by Crippen LogP contribution is 2.20. The van der Waals surface area contributed by atoms with Gasteiger partial charge in [-0.05, 0) is 44.0 Å². The Morgan fingerprint density at radius 1 is 1.00 bits per heavy atom. The fourth-order valence-corrected chi connectivity index (χ4v) is 2.43. The predicted molar refractivity (Wildman–Crippen MR) is 93.3 cm³/mol. The van der Waals surface area contributed by atoms with Gasteiger partial charge in [0.2, 0.25) is 0 Å². The summed E-state index contributed by atoms with van der Waals surface area (Å²) in [5.74, 6) is 1.18. The molecule has 5 heteroatoms. The van der Waals surface area contributed by atoms with E-state index in [0.717, 1.165) is 22.8 Å². The van der Waals surface area contributed by atoms with Crippen LogP contribution in [0.4, 0.5) is 10.2 Å². The van der Waals surface area contributed by atoms with Gasteiger partial charge in [-0.3, -0.25) is 4.98 Å². The molecule has 0 aliphatic heterocycles. The lowest BCUT2D eigenvalue weighted by Gasteiger charge is -2.12. The fourth-order valence-electron chi connectivity index (χ4n) is 2.43. The summed E-state index contributed by atoms with van der Waals surface area (Å²) in [6, 6.07) is 12.5. The van der Waals surface area contributed by atoms with Crippen LogP contribution < -0.4 is 5.32 Å². The van der Waals surface area contributed by atoms with Gasteiger partial charge in [0.1, 0.15) is 17.3 Å². The van der Waals surface area contributed by atoms with Crippen molar-refractivity contribution in [2.24, 2.45) is 0 Å². The molecule has 0 bridgehead atoms. The van der Waals surface area contributed by atoms with Crippen molar-refractivity contribution in [3.05, 3.63) is 71.3 Å². The molecule has 122 valence electrons. The number of nitrogens with one attached hydrogen (secondary N) is 1. The third kappa shape index (κ3) is 3.56. The second kappa shape index (κ2) is 7.17. The first-order valence-corrected chi connectivity index (χ1v) is 7.89. The molecule has 1 aromatic carbocycles. The number of hydrogen-bond donors (Lipinski definition) is 1. The Hall–Kier alpha value is -2.82. The lowest BCUT2D eigenvalue weighted by molar-refractivity contribution is 0.610. The van der Waals surface area contributed by atoms with Gasteiger partial charge in [-0.25, -0.2) is 14.4 Å². The largest absolute Gasteiger partial charge is 0.369 e. The molecule has 0 saturated carbocycles. The molecule has 24 heavy (non-hydrogen) atoms. The van der Waals surface area contributed by atoms with Gasteiger partial charge in [0.25, 0.3) is 0 Å². The minimum absolute atomic E-state index is 0.177. The quantitative estimate of drug-likeness (QED) is 0.773. The Bertz CT molecular complexity index is 834. The molecule has 0 unspecified atom stereocenters. The van der Waals surface area contributed by atoms with E-state index in [0.29, 0.717) is 24.4 Å². The minimum Gasteiger partial charge on any atom is -0.369 e. The molecule has 0 amide bonds. The lowest BCUT2D eigenvalue weighted by Crippen LogP contribution is -2.11. The van der Waals surface area contributed by atoms with E-state index in [-0.39, 0.29) is 5.82 Å². The maximum atomic E-state index is 13.7. The van der Waals surface area contributed by atoms with Crippen molar-refractivity contribution < 1.29 is 4.39 Å². The van der Waals surface area contributed by atoms with E-state index < -0.39 is 0 Å². The van der Waals surface area contributed by atoms with Crippen LogP contribution >= 0.6 is 0 Å². The van der Waals surface area contributed by atoms with E-state index in [1.165, 1.54) is 6.07 Å². The average Bonchev–Trinajstić information content (AvgIpc) is 2.61. The van der Waals surface area contributed by atoms with Crippen molar-refractivity contribution in [3.63, 3.8) is 0 Å². The fraction of sp³-hybridized carbons (Fsp3) is 0.211. The molecule has 0 aliphatic carbocycles. The van der Waals surface area contributed by atoms with E-state index in [4.69, 9.17) is 0 Å². The van der Waals surface area contributed by atoms with E-state index in [1.807, 2.05) is 38.1 Å². The summed E-state index contributed by atoms with van der Waals surface area (Å²) in [5, 5.41) is 3.29. The van der Waals surface area contributed by atoms with Crippen molar-refractivity contribution in [1.82, 2.24) is 15.0 Å². The minimum atomic E-state index is -0.177. The molecule has 3 aromatic rings. The van der Waals surface area contributed by atoms with Crippen LogP contribution in [0.1, 0.15) is 16.8 Å². The first kappa shape index (κ1) is 16.1. The van der Waals surface area contributed by atoms with Crippen LogP contribution in [0.25, 0.3) is 11.5 Å². The first-order chi connectivity index (χ1) is 11.6. The predicted octanol–water partition coefficient (Wildman–Crippen LogP) is 3.95. The molecule has 0 atom stereocenters. The topological polar surface area (TPSA) is 50.7 Å². The van der Waals surface area contributed by atoms with E-state index in [1.54, 1.807) is 18.3 Å². The molecule has 2 aromatic heterocycles. The average molecular weight is 322 g/mol. The highest BCUT2D eigenvalue weighted by Gasteiger charge is 2.10. The zero-order valence-corrected chi connectivity index (χ0v) is 13.8. The van der Waals surface area contributed by atoms with Crippen molar-refractivity contribution >= 4 is 5.82 Å². The Labute approximate surface area is 140 Å². The van der Waals surface area contributed by atoms with Gasteiger partial charge in [0.15, 0.2) is 5.82 Å². The monoisotopic (exact) mass is 322 g/mol. The number of halogens is 1. The number of anilines is 1. The highest BCUT2D eigenvalue weighted by atomic mass is 19.1. The highest BCUT2D eigenvalue weighted by molar-refractivity contribution is 5.56. The molecule has 0 fully saturated rings. The standard InChI is InChI=1S/C19H19FN4/c1-13-14(2)23-19(17-9-5-6-11-21-17)24-18(13)22-12-10-15-7-3-4-8-16(15)20/h3-9,11H,10,12H2,1-2H3,(H,22,23,24). The number of hydrogen-bond acceptors (Lipinski definition) is 4. The molecule has 0 saturated heterocycles. The van der Waals surface area contributed by atoms with Crippen LogP contribution in [0, 0.1) is 19.7 Å². The van der Waals surface area contributed by atoms with Crippen LogP contribution in [0.5, 0.6) is 0 Å². The van der Waals surface area contributed by atoms with Crippen LogP contribution in [0.2, 0.25) is 0 Å². The summed E-state index contributed by atoms with van der Waals surface area (Å²) in [7, 11) is 0. The molecule has 0 radical (unpaired) electrons. The Morgan fingerprint density at radius 3 is 2.54 bits per heavy atom. The molecule has 3 rings (SSSR count). The van der Waals surface area contributed by atoms with Crippen LogP contribution in [-0.2, 0) is 6.42 Å². The Kier molecular flexibility index (Phi) is 4.79. The molecular formula is C19H19FN4. The van der Waals surface area contributed by atoms with E-state index >= 15 is 0 Å². The molecule has 2 heterocycles. The molecule has 0 aliphatic rings. The zero-order chi connectivity index (χ0) is 16.9. The summed E-state index contributed by atoms with van der Waals surface area (Å²) in [6.07, 6.45) is 2.31. The van der Waals surface area contributed by atoms with Crippen molar-refractivity contribution in [2.45, 2.75) is 20.3 Å². The van der Waals surface area contributed by atoms with Crippen LogP contribution in [0.15, 0.2) is 48.7 Å². The van der Waals surface area contributed by atoms with Crippen LogP contribution in [-0.4, -0.2) is 21.5 Å². The summed E-state index contributed by atoms with van der Waals surface area (Å²) in [5.41, 5.74) is 3.32. The normalized spacial score (nSPS) is 10.6. The summed E-state index contributed by atoms with van der Waals surface area (Å²) < 4.78 is 13.7. The van der Waals surface area contributed by atoms with Crippen molar-refractivity contribution in [1.29, 1.82) is 0 Å². The van der Waals surface area contributed by atoms with Gasteiger partial charge >= 0.3 is 0 Å². The van der Waals surface area contributed by atoms with Crippen molar-refractivity contribution in [2.75, 3.05) is 11.9 Å². The number of rotatable bonds is 5. The molecular weight excluding hydrogens is 303 g/mol.